The molecule has 0 saturated carbocycles. The minimum Gasteiger partial charge on any atom is -0.383 e. The zero-order valence-electron chi connectivity index (χ0n) is 17.3. The Morgan fingerprint density at radius 2 is 2.06 bits per heavy atom. The number of imide groups is 1. The van der Waals surface area contributed by atoms with Crippen LogP contribution < -0.4 is 16.0 Å². The molecule has 2 aromatic heterocycles. The first kappa shape index (κ1) is 20.5. The van der Waals surface area contributed by atoms with Crippen LogP contribution in [0.4, 0.5) is 11.9 Å². The lowest BCUT2D eigenvalue weighted by atomic mass is 10.1. The van der Waals surface area contributed by atoms with Crippen LogP contribution in [0, 0.1) is 0 Å². The minimum absolute atomic E-state index is 0.0292. The van der Waals surface area contributed by atoms with Gasteiger partial charge in [-0.05, 0) is 18.6 Å². The molecule has 1 aliphatic heterocycles. The summed E-state index contributed by atoms with van der Waals surface area (Å²) in [4.78, 5) is 32.7. The third kappa shape index (κ3) is 4.53. The Bertz CT molecular complexity index is 1140. The molecule has 0 unspecified atom stereocenters. The van der Waals surface area contributed by atoms with E-state index in [4.69, 9.17) is 4.74 Å². The van der Waals surface area contributed by atoms with E-state index in [1.54, 1.807) is 23.9 Å². The predicted molar refractivity (Wildman–Crippen MR) is 115 cm³/mol. The van der Waals surface area contributed by atoms with E-state index in [9.17, 15) is 9.59 Å². The number of benzene rings is 1. The largest absolute Gasteiger partial charge is 0.383 e. The second-order valence-electron chi connectivity index (χ2n) is 7.13. The first-order valence-corrected chi connectivity index (χ1v) is 9.90. The monoisotopic (exact) mass is 421 g/mol. The number of hydrogen-bond acceptors (Lipinski definition) is 8. The van der Waals surface area contributed by atoms with Gasteiger partial charge < -0.3 is 15.4 Å². The predicted octanol–water partition coefficient (Wildman–Crippen LogP) is 1.79. The first-order valence-electron chi connectivity index (χ1n) is 9.90. The van der Waals surface area contributed by atoms with Gasteiger partial charge >= 0.3 is 0 Å². The second-order valence-corrected chi connectivity index (χ2v) is 7.13. The number of anilines is 2. The van der Waals surface area contributed by atoms with Gasteiger partial charge in [-0.2, -0.15) is 19.6 Å². The Labute approximate surface area is 178 Å². The van der Waals surface area contributed by atoms with Crippen molar-refractivity contribution in [3.63, 3.8) is 0 Å². The Balaban J connectivity index is 1.71. The van der Waals surface area contributed by atoms with Gasteiger partial charge in [-0.25, -0.2) is 0 Å². The molecule has 0 bridgehead atoms. The Morgan fingerprint density at radius 1 is 1.26 bits per heavy atom. The molecule has 1 saturated heterocycles. The number of carbonyl (C=O) groups excluding carboxylic acids is 2. The van der Waals surface area contributed by atoms with E-state index in [1.807, 2.05) is 37.3 Å². The molecular formula is C21H23N7O3. The molecule has 10 heteroatoms. The topological polar surface area (TPSA) is 123 Å². The number of rotatable bonds is 8. The number of aromatic nitrogens is 4. The molecule has 160 valence electrons. The highest BCUT2D eigenvalue weighted by atomic mass is 16.5. The number of fused-ring (bicyclic) bond motifs is 1. The number of methoxy groups -OCH3 is 1. The average molecular weight is 421 g/mol. The van der Waals surface area contributed by atoms with Crippen LogP contribution in [-0.2, 0) is 14.3 Å². The lowest BCUT2D eigenvalue weighted by molar-refractivity contribution is -0.124. The fourth-order valence-corrected chi connectivity index (χ4v) is 3.27. The molecule has 3 aromatic rings. The molecule has 2 amide bonds. The van der Waals surface area contributed by atoms with Gasteiger partial charge in [-0.1, -0.05) is 30.3 Å². The normalized spacial score (nSPS) is 16.0. The maximum absolute atomic E-state index is 12.0. The Kier molecular flexibility index (Phi) is 5.89. The fourth-order valence-electron chi connectivity index (χ4n) is 3.27. The summed E-state index contributed by atoms with van der Waals surface area (Å²) in [5, 5.41) is 13.2. The lowest BCUT2D eigenvalue weighted by Crippen LogP contribution is -2.19. The van der Waals surface area contributed by atoms with Crippen molar-refractivity contribution in [2.24, 2.45) is 0 Å². The van der Waals surface area contributed by atoms with Crippen molar-refractivity contribution >= 4 is 35.4 Å². The van der Waals surface area contributed by atoms with Crippen molar-refractivity contribution in [3.8, 4) is 0 Å². The van der Waals surface area contributed by atoms with Gasteiger partial charge in [0, 0.05) is 24.8 Å². The van der Waals surface area contributed by atoms with Crippen LogP contribution in [-0.4, -0.2) is 51.7 Å². The standard InChI is InChI=1S/C21H23N7O3/c1-13(14-6-4-3-5-7-14)24-20-26-18-16(10-15-11-17(29)25-19(15)30)12-23-28(18)21(27-20)22-8-9-31-2/h3-7,10,12-13H,8-9,11H2,1-2H3,(H,25,29,30)(H2,22,24,26,27)/b15-10+/t13-/m0/s1. The van der Waals surface area contributed by atoms with Gasteiger partial charge in [0.1, 0.15) is 0 Å². The Morgan fingerprint density at radius 3 is 2.77 bits per heavy atom. The van der Waals surface area contributed by atoms with Gasteiger partial charge in [0.25, 0.3) is 5.91 Å². The quantitative estimate of drug-likeness (QED) is 0.286. The number of carbonyl (C=O) groups is 2. The lowest BCUT2D eigenvalue weighted by Gasteiger charge is -2.15. The summed E-state index contributed by atoms with van der Waals surface area (Å²) < 4.78 is 6.67. The summed E-state index contributed by atoms with van der Waals surface area (Å²) in [5.74, 6) is 0.188. The van der Waals surface area contributed by atoms with Crippen molar-refractivity contribution in [2.75, 3.05) is 30.9 Å². The number of amides is 2. The zero-order valence-corrected chi connectivity index (χ0v) is 17.3. The molecule has 10 nitrogen and oxygen atoms in total. The van der Waals surface area contributed by atoms with Crippen LogP contribution in [0.15, 0.2) is 42.1 Å². The van der Waals surface area contributed by atoms with E-state index >= 15 is 0 Å². The molecule has 1 aliphatic rings. The number of ether oxygens (including phenoxy) is 1. The highest BCUT2D eigenvalue weighted by Crippen LogP contribution is 2.22. The molecule has 3 heterocycles. The summed E-state index contributed by atoms with van der Waals surface area (Å²) >= 11 is 0. The minimum atomic E-state index is -0.395. The summed E-state index contributed by atoms with van der Waals surface area (Å²) in [6, 6.07) is 9.94. The molecule has 0 radical (unpaired) electrons. The van der Waals surface area contributed by atoms with Crippen LogP contribution in [0.2, 0.25) is 0 Å². The molecule has 1 atom stereocenters. The summed E-state index contributed by atoms with van der Waals surface area (Å²) in [5.41, 5.74) is 2.60. The van der Waals surface area contributed by atoms with Gasteiger partial charge in [0.2, 0.25) is 17.8 Å². The van der Waals surface area contributed by atoms with E-state index in [1.165, 1.54) is 0 Å². The highest BCUT2D eigenvalue weighted by molar-refractivity contribution is 6.15. The number of nitrogens with zero attached hydrogens (tertiary/aromatic N) is 4. The summed E-state index contributed by atoms with van der Waals surface area (Å²) in [6.07, 6.45) is 3.27. The van der Waals surface area contributed by atoms with E-state index in [0.29, 0.717) is 41.8 Å². The molecule has 0 aliphatic carbocycles. The molecule has 1 fully saturated rings. The average Bonchev–Trinajstić information content (AvgIpc) is 3.31. The molecular weight excluding hydrogens is 398 g/mol. The van der Waals surface area contributed by atoms with Crippen molar-refractivity contribution in [1.82, 2.24) is 24.9 Å². The number of nitrogens with one attached hydrogen (secondary N) is 3. The van der Waals surface area contributed by atoms with E-state index in [2.05, 4.69) is 31.0 Å². The van der Waals surface area contributed by atoms with E-state index in [-0.39, 0.29) is 18.4 Å². The summed E-state index contributed by atoms with van der Waals surface area (Å²) in [7, 11) is 1.62. The smallest absolute Gasteiger partial charge is 0.254 e. The third-order valence-electron chi connectivity index (χ3n) is 4.86. The van der Waals surface area contributed by atoms with E-state index < -0.39 is 5.91 Å². The fraction of sp³-hybridized carbons (Fsp3) is 0.286. The van der Waals surface area contributed by atoms with Gasteiger partial charge in [-0.15, -0.1) is 0 Å². The van der Waals surface area contributed by atoms with Crippen molar-refractivity contribution in [3.05, 3.63) is 53.2 Å². The van der Waals surface area contributed by atoms with Crippen molar-refractivity contribution in [2.45, 2.75) is 19.4 Å². The van der Waals surface area contributed by atoms with Gasteiger partial charge in [-0.3, -0.25) is 14.9 Å². The van der Waals surface area contributed by atoms with Crippen LogP contribution in [0.3, 0.4) is 0 Å². The molecule has 3 N–H and O–H groups in total. The second kappa shape index (κ2) is 8.92. The Hall–Kier alpha value is -3.79. The molecule has 31 heavy (non-hydrogen) atoms. The zero-order chi connectivity index (χ0) is 21.8. The van der Waals surface area contributed by atoms with Crippen LogP contribution in [0.25, 0.3) is 11.7 Å². The van der Waals surface area contributed by atoms with E-state index in [0.717, 1.165) is 5.56 Å². The molecule has 0 spiro atoms. The van der Waals surface area contributed by atoms with Crippen LogP contribution in [0.1, 0.15) is 30.5 Å². The van der Waals surface area contributed by atoms with Gasteiger partial charge in [0.05, 0.1) is 25.3 Å². The third-order valence-corrected chi connectivity index (χ3v) is 4.86. The van der Waals surface area contributed by atoms with Crippen LogP contribution in [0.5, 0.6) is 0 Å². The number of hydrogen-bond donors (Lipinski definition) is 3. The highest BCUT2D eigenvalue weighted by Gasteiger charge is 2.24. The van der Waals surface area contributed by atoms with Crippen molar-refractivity contribution in [1.29, 1.82) is 0 Å². The van der Waals surface area contributed by atoms with Crippen LogP contribution >= 0.6 is 0 Å². The summed E-state index contributed by atoms with van der Waals surface area (Å²) in [6.45, 7) is 3.05. The van der Waals surface area contributed by atoms with Crippen molar-refractivity contribution < 1.29 is 14.3 Å². The van der Waals surface area contributed by atoms with Gasteiger partial charge in [0.15, 0.2) is 5.65 Å². The maximum atomic E-state index is 12.0. The maximum Gasteiger partial charge on any atom is 0.254 e. The molecule has 1 aromatic carbocycles. The first-order chi connectivity index (χ1) is 15.0. The molecule has 4 rings (SSSR count). The SMILES string of the molecule is COCCNc1nc(N[C@@H](C)c2ccccc2)nc2c(/C=C3\CC(=O)NC3=O)cnn12.